The van der Waals surface area contributed by atoms with E-state index in [9.17, 15) is 9.59 Å². The van der Waals surface area contributed by atoms with E-state index in [4.69, 9.17) is 4.42 Å². The van der Waals surface area contributed by atoms with Gasteiger partial charge in [-0.15, -0.1) is 0 Å². The maximum atomic E-state index is 12.5. The van der Waals surface area contributed by atoms with Crippen molar-refractivity contribution in [2.24, 2.45) is 0 Å². The molecule has 27 heavy (non-hydrogen) atoms. The van der Waals surface area contributed by atoms with Gasteiger partial charge in [-0.25, -0.2) is 0 Å². The van der Waals surface area contributed by atoms with E-state index in [1.807, 2.05) is 24.3 Å². The average Bonchev–Trinajstić information content (AvgIpc) is 3.36. The molecule has 0 radical (unpaired) electrons. The minimum Gasteiger partial charge on any atom is -0.467 e. The van der Waals surface area contributed by atoms with Crippen LogP contribution in [0.2, 0.25) is 0 Å². The van der Waals surface area contributed by atoms with Crippen LogP contribution in [0.1, 0.15) is 26.6 Å². The topological polar surface area (TPSA) is 84.2 Å². The highest BCUT2D eigenvalue weighted by Gasteiger charge is 2.14. The third kappa shape index (κ3) is 3.73. The standard InChI is InChI=1S/C20H15N3O3S/c24-19(21-12-15-4-3-11-26-15)13-7-9-14(10-8-13)22-20(25)18-16-5-1-2-6-17(16)27-23-18/h1-11H,12H2,(H,21,24)(H,22,25). The van der Waals surface area contributed by atoms with Crippen molar-refractivity contribution in [3.05, 3.63) is 83.9 Å². The summed E-state index contributed by atoms with van der Waals surface area (Å²) in [5.41, 5.74) is 1.49. The Morgan fingerprint density at radius 3 is 2.56 bits per heavy atom. The second-order valence-corrected chi connectivity index (χ2v) is 6.63. The van der Waals surface area contributed by atoms with Crippen molar-refractivity contribution in [3.8, 4) is 0 Å². The number of nitrogens with zero attached hydrogens (tertiary/aromatic N) is 1. The van der Waals surface area contributed by atoms with Gasteiger partial charge in [0.15, 0.2) is 0 Å². The molecule has 0 unspecified atom stereocenters. The van der Waals surface area contributed by atoms with Crippen molar-refractivity contribution in [1.29, 1.82) is 0 Å². The molecular weight excluding hydrogens is 362 g/mol. The Bertz CT molecular complexity index is 1090. The Labute approximate surface area is 159 Å². The summed E-state index contributed by atoms with van der Waals surface area (Å²) in [6.45, 7) is 0.321. The molecule has 0 aliphatic heterocycles. The molecule has 134 valence electrons. The quantitative estimate of drug-likeness (QED) is 0.549. The number of rotatable bonds is 5. The summed E-state index contributed by atoms with van der Waals surface area (Å²) in [7, 11) is 0. The Morgan fingerprint density at radius 2 is 1.78 bits per heavy atom. The largest absolute Gasteiger partial charge is 0.467 e. The lowest BCUT2D eigenvalue weighted by molar-refractivity contribution is 0.0947. The molecule has 7 heteroatoms. The van der Waals surface area contributed by atoms with Gasteiger partial charge in [-0.2, -0.15) is 4.37 Å². The summed E-state index contributed by atoms with van der Waals surface area (Å²) in [5.74, 6) is 0.194. The zero-order valence-electron chi connectivity index (χ0n) is 14.1. The summed E-state index contributed by atoms with van der Waals surface area (Å²) < 4.78 is 10.4. The first-order valence-electron chi connectivity index (χ1n) is 8.27. The molecule has 2 heterocycles. The Balaban J connectivity index is 1.41. The third-order valence-corrected chi connectivity index (χ3v) is 4.83. The van der Waals surface area contributed by atoms with Crippen LogP contribution in [-0.4, -0.2) is 16.2 Å². The zero-order chi connectivity index (χ0) is 18.6. The first kappa shape index (κ1) is 17.0. The lowest BCUT2D eigenvalue weighted by Gasteiger charge is -2.06. The van der Waals surface area contributed by atoms with E-state index in [1.54, 1.807) is 42.7 Å². The van der Waals surface area contributed by atoms with Gasteiger partial charge in [0.05, 0.1) is 17.5 Å². The van der Waals surface area contributed by atoms with Crippen molar-refractivity contribution in [1.82, 2.24) is 9.69 Å². The second kappa shape index (κ2) is 7.43. The predicted octanol–water partition coefficient (Wildman–Crippen LogP) is 4.07. The first-order valence-corrected chi connectivity index (χ1v) is 9.04. The molecular formula is C20H15N3O3S. The number of carbonyl (C=O) groups is 2. The number of amides is 2. The summed E-state index contributed by atoms with van der Waals surface area (Å²) in [6, 6.07) is 17.9. The zero-order valence-corrected chi connectivity index (χ0v) is 15.0. The molecule has 2 N–H and O–H groups in total. The predicted molar refractivity (Wildman–Crippen MR) is 104 cm³/mol. The number of aromatic nitrogens is 1. The highest BCUT2D eigenvalue weighted by molar-refractivity contribution is 7.13. The van der Waals surface area contributed by atoms with Crippen LogP contribution < -0.4 is 10.6 Å². The van der Waals surface area contributed by atoms with E-state index in [0.717, 1.165) is 10.1 Å². The monoisotopic (exact) mass is 377 g/mol. The summed E-state index contributed by atoms with van der Waals surface area (Å²) >= 11 is 1.29. The summed E-state index contributed by atoms with van der Waals surface area (Å²) in [4.78, 5) is 24.6. The van der Waals surface area contributed by atoms with E-state index < -0.39 is 0 Å². The number of benzene rings is 2. The number of anilines is 1. The third-order valence-electron chi connectivity index (χ3n) is 4.00. The number of carbonyl (C=O) groups excluding carboxylic acids is 2. The molecule has 0 bridgehead atoms. The minimum atomic E-state index is -0.275. The number of hydrogen-bond donors (Lipinski definition) is 2. The normalized spacial score (nSPS) is 10.7. The number of fused-ring (bicyclic) bond motifs is 1. The smallest absolute Gasteiger partial charge is 0.276 e. The maximum Gasteiger partial charge on any atom is 0.276 e. The SMILES string of the molecule is O=C(NCc1ccco1)c1ccc(NC(=O)c2nsc3ccccc23)cc1. The highest BCUT2D eigenvalue weighted by Crippen LogP contribution is 2.23. The van der Waals surface area contributed by atoms with E-state index in [0.29, 0.717) is 29.2 Å². The number of furan rings is 1. The lowest BCUT2D eigenvalue weighted by atomic mass is 10.1. The Morgan fingerprint density at radius 1 is 0.963 bits per heavy atom. The van der Waals surface area contributed by atoms with Crippen molar-refractivity contribution in [2.45, 2.75) is 6.54 Å². The van der Waals surface area contributed by atoms with Crippen molar-refractivity contribution >= 4 is 39.1 Å². The van der Waals surface area contributed by atoms with Gasteiger partial charge < -0.3 is 15.1 Å². The molecule has 4 aromatic rings. The van der Waals surface area contributed by atoms with Crippen LogP contribution in [0.4, 0.5) is 5.69 Å². The molecule has 2 aromatic carbocycles. The van der Waals surface area contributed by atoms with Gasteiger partial charge in [-0.3, -0.25) is 9.59 Å². The summed E-state index contributed by atoms with van der Waals surface area (Å²) in [6.07, 6.45) is 1.56. The van der Waals surface area contributed by atoms with E-state index in [-0.39, 0.29) is 11.8 Å². The maximum absolute atomic E-state index is 12.5. The van der Waals surface area contributed by atoms with Gasteiger partial charge in [-0.1, -0.05) is 18.2 Å². The van der Waals surface area contributed by atoms with Crippen LogP contribution in [0, 0.1) is 0 Å². The van der Waals surface area contributed by atoms with Crippen LogP contribution in [0.5, 0.6) is 0 Å². The molecule has 0 saturated carbocycles. The van der Waals surface area contributed by atoms with Crippen molar-refractivity contribution in [3.63, 3.8) is 0 Å². The van der Waals surface area contributed by atoms with Gasteiger partial charge >= 0.3 is 0 Å². The minimum absolute atomic E-state index is 0.213. The van der Waals surface area contributed by atoms with E-state index in [1.165, 1.54) is 11.5 Å². The fourth-order valence-electron chi connectivity index (χ4n) is 2.63. The molecule has 4 rings (SSSR count). The van der Waals surface area contributed by atoms with E-state index in [2.05, 4.69) is 15.0 Å². The van der Waals surface area contributed by atoms with Crippen molar-refractivity contribution < 1.29 is 14.0 Å². The van der Waals surface area contributed by atoms with Gasteiger partial charge in [0.1, 0.15) is 11.5 Å². The van der Waals surface area contributed by atoms with Crippen LogP contribution in [0.25, 0.3) is 10.1 Å². The molecule has 0 saturated heterocycles. The lowest BCUT2D eigenvalue weighted by Crippen LogP contribution is -2.22. The van der Waals surface area contributed by atoms with E-state index >= 15 is 0 Å². The Kier molecular flexibility index (Phi) is 4.67. The van der Waals surface area contributed by atoms with Gasteiger partial charge in [0.25, 0.3) is 11.8 Å². The molecule has 0 atom stereocenters. The molecule has 2 amide bonds. The Hall–Kier alpha value is -3.45. The first-order chi connectivity index (χ1) is 13.2. The molecule has 0 aliphatic rings. The van der Waals surface area contributed by atoms with Gasteiger partial charge in [0.2, 0.25) is 0 Å². The fraction of sp³-hybridized carbons (Fsp3) is 0.0500. The molecule has 0 spiro atoms. The summed E-state index contributed by atoms with van der Waals surface area (Å²) in [5, 5.41) is 6.42. The van der Waals surface area contributed by atoms with Gasteiger partial charge in [0, 0.05) is 16.6 Å². The van der Waals surface area contributed by atoms with Gasteiger partial charge in [-0.05, 0) is 54.0 Å². The fourth-order valence-corrected chi connectivity index (χ4v) is 3.40. The molecule has 2 aromatic heterocycles. The number of hydrogen-bond acceptors (Lipinski definition) is 5. The second-order valence-electron chi connectivity index (χ2n) is 5.82. The molecule has 6 nitrogen and oxygen atoms in total. The number of nitrogens with one attached hydrogen (secondary N) is 2. The average molecular weight is 377 g/mol. The highest BCUT2D eigenvalue weighted by atomic mass is 32.1. The van der Waals surface area contributed by atoms with Crippen LogP contribution in [0.15, 0.2) is 71.3 Å². The molecule has 0 aliphatic carbocycles. The van der Waals surface area contributed by atoms with Crippen LogP contribution >= 0.6 is 11.5 Å². The van der Waals surface area contributed by atoms with Crippen LogP contribution in [-0.2, 0) is 6.54 Å². The van der Waals surface area contributed by atoms with Crippen LogP contribution in [0.3, 0.4) is 0 Å². The molecule has 0 fully saturated rings. The van der Waals surface area contributed by atoms with Crippen molar-refractivity contribution in [2.75, 3.05) is 5.32 Å².